The normalized spacial score (nSPS) is 10.9. The highest BCUT2D eigenvalue weighted by molar-refractivity contribution is 5.96. The Morgan fingerprint density at radius 2 is 1.32 bits per heavy atom. The minimum absolute atomic E-state index is 0.232. The largest absolute Gasteiger partial charge is 0.507 e. The zero-order chi connectivity index (χ0) is 20.3. The summed E-state index contributed by atoms with van der Waals surface area (Å²) in [5.41, 5.74) is 1.59. The summed E-state index contributed by atoms with van der Waals surface area (Å²) in [4.78, 5) is 22.6. The lowest BCUT2D eigenvalue weighted by molar-refractivity contribution is 0.0682. The van der Waals surface area contributed by atoms with Gasteiger partial charge in [0.25, 0.3) is 0 Å². The Morgan fingerprint density at radius 1 is 0.714 bits per heavy atom. The number of carbonyl (C=O) groups is 2. The molecule has 0 radical (unpaired) electrons. The summed E-state index contributed by atoms with van der Waals surface area (Å²) >= 11 is 0. The van der Waals surface area contributed by atoms with Crippen LogP contribution >= 0.6 is 0 Å². The summed E-state index contributed by atoms with van der Waals surface area (Å²) in [6, 6.07) is 16.0. The molecule has 0 fully saturated rings. The molecular weight excluding hydrogens is 360 g/mol. The van der Waals surface area contributed by atoms with Crippen LogP contribution in [0.25, 0.3) is 23.3 Å². The molecule has 28 heavy (non-hydrogen) atoms. The first-order valence-corrected chi connectivity index (χ1v) is 8.27. The van der Waals surface area contributed by atoms with Crippen molar-refractivity contribution in [3.8, 4) is 22.6 Å². The second kappa shape index (κ2) is 7.67. The average Bonchev–Trinajstić information content (AvgIpc) is 2.68. The van der Waals surface area contributed by atoms with Gasteiger partial charge in [-0.2, -0.15) is 0 Å². The van der Waals surface area contributed by atoms with Crippen LogP contribution in [0.4, 0.5) is 0 Å². The van der Waals surface area contributed by atoms with Crippen LogP contribution in [0.1, 0.15) is 31.8 Å². The molecule has 3 rings (SSSR count). The van der Waals surface area contributed by atoms with E-state index in [2.05, 4.69) is 0 Å². The quantitative estimate of drug-likeness (QED) is 0.493. The lowest BCUT2D eigenvalue weighted by Crippen LogP contribution is -1.99. The highest BCUT2D eigenvalue weighted by Gasteiger charge is 2.16. The van der Waals surface area contributed by atoms with Gasteiger partial charge in [-0.05, 0) is 41.0 Å². The van der Waals surface area contributed by atoms with Gasteiger partial charge >= 0.3 is 11.9 Å². The molecule has 0 heterocycles. The molecule has 0 aliphatic rings. The lowest BCUT2D eigenvalue weighted by Gasteiger charge is -2.10. The number of hydrogen-bond donors (Lipinski definition) is 4. The van der Waals surface area contributed by atoms with E-state index >= 15 is 0 Å². The molecule has 0 aliphatic heterocycles. The molecule has 0 bridgehead atoms. The van der Waals surface area contributed by atoms with Crippen molar-refractivity contribution in [2.24, 2.45) is 0 Å². The number of benzene rings is 3. The number of hydrogen-bond acceptors (Lipinski definition) is 4. The fourth-order valence-electron chi connectivity index (χ4n) is 2.77. The van der Waals surface area contributed by atoms with Gasteiger partial charge in [-0.3, -0.25) is 0 Å². The van der Waals surface area contributed by atoms with Crippen molar-refractivity contribution in [1.29, 1.82) is 0 Å². The second-order valence-corrected chi connectivity index (χ2v) is 6.05. The zero-order valence-electron chi connectivity index (χ0n) is 14.5. The van der Waals surface area contributed by atoms with E-state index in [4.69, 9.17) is 5.11 Å². The van der Waals surface area contributed by atoms with Crippen molar-refractivity contribution in [1.82, 2.24) is 0 Å². The molecule has 0 amide bonds. The van der Waals surface area contributed by atoms with Crippen molar-refractivity contribution < 1.29 is 30.0 Å². The van der Waals surface area contributed by atoms with E-state index in [-0.39, 0.29) is 22.6 Å². The Bertz CT molecular complexity index is 1080. The van der Waals surface area contributed by atoms with Crippen LogP contribution in [-0.2, 0) is 0 Å². The zero-order valence-corrected chi connectivity index (χ0v) is 14.5. The van der Waals surface area contributed by atoms with Gasteiger partial charge in [0.1, 0.15) is 22.6 Å². The van der Waals surface area contributed by atoms with Crippen LogP contribution in [0, 0.1) is 0 Å². The molecule has 3 aromatic rings. The number of aromatic hydroxyl groups is 2. The molecule has 0 aromatic heterocycles. The molecule has 4 N–H and O–H groups in total. The van der Waals surface area contributed by atoms with Gasteiger partial charge in [-0.25, -0.2) is 9.59 Å². The summed E-state index contributed by atoms with van der Waals surface area (Å²) in [6.07, 6.45) is 3.20. The summed E-state index contributed by atoms with van der Waals surface area (Å²) < 4.78 is 0. The molecule has 0 spiro atoms. The monoisotopic (exact) mass is 376 g/mol. The molecule has 0 unspecified atom stereocenters. The first kappa shape index (κ1) is 18.7. The van der Waals surface area contributed by atoms with E-state index in [9.17, 15) is 24.9 Å². The van der Waals surface area contributed by atoms with E-state index in [0.29, 0.717) is 22.3 Å². The minimum atomic E-state index is -1.26. The molecule has 0 saturated heterocycles. The van der Waals surface area contributed by atoms with E-state index in [0.717, 1.165) is 0 Å². The van der Waals surface area contributed by atoms with Gasteiger partial charge in [0.2, 0.25) is 0 Å². The maximum Gasteiger partial charge on any atom is 0.339 e. The molecule has 0 saturated carbocycles. The molecule has 6 heteroatoms. The van der Waals surface area contributed by atoms with Crippen molar-refractivity contribution >= 4 is 24.1 Å². The van der Waals surface area contributed by atoms with Gasteiger partial charge < -0.3 is 20.4 Å². The second-order valence-electron chi connectivity index (χ2n) is 6.05. The van der Waals surface area contributed by atoms with Gasteiger partial charge in [0.05, 0.1) is 0 Å². The van der Waals surface area contributed by atoms with Crippen LogP contribution in [0.15, 0.2) is 60.7 Å². The Morgan fingerprint density at radius 3 is 1.96 bits per heavy atom. The fourth-order valence-corrected chi connectivity index (χ4v) is 2.77. The summed E-state index contributed by atoms with van der Waals surface area (Å²) in [6.45, 7) is 0. The van der Waals surface area contributed by atoms with Crippen molar-refractivity contribution in [3.05, 3.63) is 82.9 Å². The number of rotatable bonds is 5. The molecule has 0 atom stereocenters. The van der Waals surface area contributed by atoms with Crippen LogP contribution in [0.2, 0.25) is 0 Å². The minimum Gasteiger partial charge on any atom is -0.507 e. The third kappa shape index (κ3) is 3.86. The van der Waals surface area contributed by atoms with Gasteiger partial charge in [0, 0.05) is 5.56 Å². The maximum atomic E-state index is 11.5. The van der Waals surface area contributed by atoms with E-state index < -0.39 is 11.9 Å². The number of carboxylic acids is 2. The summed E-state index contributed by atoms with van der Waals surface area (Å²) in [7, 11) is 0. The third-order valence-corrected chi connectivity index (χ3v) is 4.17. The van der Waals surface area contributed by atoms with Crippen molar-refractivity contribution in [2.75, 3.05) is 0 Å². The Hall–Kier alpha value is -4.06. The predicted molar refractivity (Wildman–Crippen MR) is 104 cm³/mol. The predicted octanol–water partition coefficient (Wildman–Crippen LogP) is 4.33. The average molecular weight is 376 g/mol. The summed E-state index contributed by atoms with van der Waals surface area (Å²) in [5, 5.41) is 38.4. The Balaban J connectivity index is 2.06. The lowest BCUT2D eigenvalue weighted by atomic mass is 9.97. The topological polar surface area (TPSA) is 115 Å². The maximum absolute atomic E-state index is 11.5. The smallest absolute Gasteiger partial charge is 0.339 e. The van der Waals surface area contributed by atoms with Gasteiger partial charge in [-0.15, -0.1) is 0 Å². The first-order chi connectivity index (χ1) is 13.4. The van der Waals surface area contributed by atoms with Gasteiger partial charge in [0.15, 0.2) is 0 Å². The highest BCUT2D eigenvalue weighted by atomic mass is 16.4. The molecular formula is C22H16O6. The first-order valence-electron chi connectivity index (χ1n) is 8.27. The molecule has 3 aromatic carbocycles. The summed E-state index contributed by atoms with van der Waals surface area (Å²) in [5.74, 6) is -3.18. The standard InChI is InChI=1S/C22H16O6/c23-19-9-8-13(10-17(19)21(25)26)6-7-14-11-16(15-4-2-1-3-5-15)20(24)18(12-14)22(27)28/h1-12,23-24H,(H,25,26)(H,27,28)/b7-6+. The van der Waals surface area contributed by atoms with E-state index in [1.807, 2.05) is 6.07 Å². The number of phenols is 2. The van der Waals surface area contributed by atoms with Crippen LogP contribution in [0.5, 0.6) is 11.5 Å². The van der Waals surface area contributed by atoms with Crippen LogP contribution < -0.4 is 0 Å². The van der Waals surface area contributed by atoms with E-state index in [1.54, 1.807) is 42.5 Å². The Labute approximate surface area is 160 Å². The van der Waals surface area contributed by atoms with Crippen LogP contribution in [0.3, 0.4) is 0 Å². The van der Waals surface area contributed by atoms with Gasteiger partial charge in [-0.1, -0.05) is 48.6 Å². The Kier molecular flexibility index (Phi) is 5.13. The van der Waals surface area contributed by atoms with Crippen molar-refractivity contribution in [3.63, 3.8) is 0 Å². The SMILES string of the molecule is O=C(O)c1cc(/C=C/c2cc(C(=O)O)c(O)c(-c3ccccc3)c2)ccc1O. The number of carboxylic acid groups (broad SMARTS) is 2. The van der Waals surface area contributed by atoms with Crippen LogP contribution in [-0.4, -0.2) is 32.4 Å². The van der Waals surface area contributed by atoms with E-state index in [1.165, 1.54) is 24.3 Å². The molecule has 140 valence electrons. The highest BCUT2D eigenvalue weighted by Crippen LogP contribution is 2.34. The van der Waals surface area contributed by atoms with Crippen molar-refractivity contribution in [2.45, 2.75) is 0 Å². The molecule has 6 nitrogen and oxygen atoms in total. The third-order valence-electron chi connectivity index (χ3n) is 4.17. The number of aromatic carboxylic acids is 2. The molecule has 0 aliphatic carbocycles. The fraction of sp³-hybridized carbons (Fsp3) is 0.